The van der Waals surface area contributed by atoms with Gasteiger partial charge in [-0.2, -0.15) is 13.2 Å². The first-order chi connectivity index (χ1) is 8.88. The Labute approximate surface area is 108 Å². The number of alkyl halides is 3. The van der Waals surface area contributed by atoms with Crippen molar-refractivity contribution in [2.24, 2.45) is 5.73 Å². The average molecular weight is 276 g/mol. The highest BCUT2D eigenvalue weighted by atomic mass is 19.4. The van der Waals surface area contributed by atoms with E-state index in [1.807, 2.05) is 0 Å². The highest BCUT2D eigenvalue weighted by Gasteiger charge is 2.31. The molecule has 1 aromatic carbocycles. The number of halogens is 3. The van der Waals surface area contributed by atoms with E-state index in [9.17, 15) is 18.0 Å². The minimum Gasteiger partial charge on any atom is -0.383 e. The average Bonchev–Trinajstić information content (AvgIpc) is 2.37. The number of carbonyl (C=O) groups excluding carboxylic acids is 1. The monoisotopic (exact) mass is 276 g/mol. The summed E-state index contributed by atoms with van der Waals surface area (Å²) in [7, 11) is 1.44. The minimum atomic E-state index is -4.48. The first kappa shape index (κ1) is 15.5. The van der Waals surface area contributed by atoms with Gasteiger partial charge >= 0.3 is 6.18 Å². The molecular weight excluding hydrogens is 261 g/mol. The van der Waals surface area contributed by atoms with Crippen LogP contribution in [0.4, 0.5) is 13.2 Å². The molecule has 0 aliphatic carbocycles. The van der Waals surface area contributed by atoms with Gasteiger partial charge in [-0.05, 0) is 18.2 Å². The summed E-state index contributed by atoms with van der Waals surface area (Å²) in [5.74, 6) is -0.612. The molecule has 0 radical (unpaired) electrons. The van der Waals surface area contributed by atoms with E-state index in [0.717, 1.165) is 12.1 Å². The number of amides is 1. The third-order valence-electron chi connectivity index (χ3n) is 2.44. The Balaban J connectivity index is 2.82. The molecule has 106 valence electrons. The van der Waals surface area contributed by atoms with E-state index in [1.165, 1.54) is 19.2 Å². The molecule has 1 rings (SSSR count). The Morgan fingerprint density at radius 2 is 2.16 bits per heavy atom. The van der Waals surface area contributed by atoms with E-state index in [0.29, 0.717) is 0 Å². The van der Waals surface area contributed by atoms with Crippen LogP contribution in [0.2, 0.25) is 0 Å². The van der Waals surface area contributed by atoms with Crippen molar-refractivity contribution in [2.75, 3.05) is 20.3 Å². The topological polar surface area (TPSA) is 64.3 Å². The lowest BCUT2D eigenvalue weighted by atomic mass is 10.1. The molecule has 0 saturated carbocycles. The smallest absolute Gasteiger partial charge is 0.383 e. The van der Waals surface area contributed by atoms with E-state index in [4.69, 9.17) is 10.5 Å². The van der Waals surface area contributed by atoms with Crippen LogP contribution in [0.25, 0.3) is 0 Å². The summed E-state index contributed by atoms with van der Waals surface area (Å²) >= 11 is 0. The second-order valence-electron chi connectivity index (χ2n) is 3.94. The molecule has 0 saturated heterocycles. The van der Waals surface area contributed by atoms with Crippen molar-refractivity contribution in [3.8, 4) is 0 Å². The van der Waals surface area contributed by atoms with Crippen molar-refractivity contribution in [1.82, 2.24) is 5.32 Å². The fraction of sp³-hybridized carbons (Fsp3) is 0.417. The summed E-state index contributed by atoms with van der Waals surface area (Å²) in [4.78, 5) is 11.8. The molecule has 1 aromatic rings. The van der Waals surface area contributed by atoms with Gasteiger partial charge in [0.15, 0.2) is 0 Å². The van der Waals surface area contributed by atoms with Crippen molar-refractivity contribution in [2.45, 2.75) is 12.2 Å². The van der Waals surface area contributed by atoms with Gasteiger partial charge in [0, 0.05) is 19.2 Å². The van der Waals surface area contributed by atoms with Crippen LogP contribution in [0.15, 0.2) is 24.3 Å². The SMILES string of the molecule is COCC(CN)NC(=O)c1cccc(C(F)(F)F)c1. The zero-order valence-electron chi connectivity index (χ0n) is 10.3. The number of nitrogens with two attached hydrogens (primary N) is 1. The predicted octanol–water partition coefficient (Wildman–Crippen LogP) is 1.41. The Morgan fingerprint density at radius 1 is 1.47 bits per heavy atom. The molecule has 1 unspecified atom stereocenters. The number of methoxy groups -OCH3 is 1. The van der Waals surface area contributed by atoms with E-state index >= 15 is 0 Å². The fourth-order valence-electron chi connectivity index (χ4n) is 1.48. The Kier molecular flexibility index (Phi) is 5.31. The Hall–Kier alpha value is -1.60. The number of rotatable bonds is 5. The number of carbonyl (C=O) groups is 1. The van der Waals surface area contributed by atoms with Gasteiger partial charge < -0.3 is 15.8 Å². The van der Waals surface area contributed by atoms with Gasteiger partial charge in [0.1, 0.15) is 0 Å². The molecule has 3 N–H and O–H groups in total. The Bertz CT molecular complexity index is 435. The summed E-state index contributed by atoms with van der Waals surface area (Å²) < 4.78 is 42.4. The van der Waals surface area contributed by atoms with Crippen LogP contribution >= 0.6 is 0 Å². The van der Waals surface area contributed by atoms with Crippen molar-refractivity contribution in [1.29, 1.82) is 0 Å². The summed E-state index contributed by atoms with van der Waals surface area (Å²) in [6.07, 6.45) is -4.48. The summed E-state index contributed by atoms with van der Waals surface area (Å²) in [6, 6.07) is 3.77. The lowest BCUT2D eigenvalue weighted by Crippen LogP contribution is -2.43. The molecule has 1 atom stereocenters. The largest absolute Gasteiger partial charge is 0.416 e. The lowest BCUT2D eigenvalue weighted by Gasteiger charge is -2.16. The maximum absolute atomic E-state index is 12.5. The minimum absolute atomic E-state index is 0.0654. The second kappa shape index (κ2) is 6.53. The van der Waals surface area contributed by atoms with Crippen LogP contribution in [-0.2, 0) is 10.9 Å². The van der Waals surface area contributed by atoms with Crippen LogP contribution in [0.5, 0.6) is 0 Å². The van der Waals surface area contributed by atoms with Gasteiger partial charge in [0.25, 0.3) is 5.91 Å². The molecule has 19 heavy (non-hydrogen) atoms. The van der Waals surface area contributed by atoms with Crippen LogP contribution < -0.4 is 11.1 Å². The zero-order chi connectivity index (χ0) is 14.5. The van der Waals surface area contributed by atoms with Crippen molar-refractivity contribution >= 4 is 5.91 Å². The number of benzene rings is 1. The van der Waals surface area contributed by atoms with Gasteiger partial charge in [-0.15, -0.1) is 0 Å². The number of ether oxygens (including phenoxy) is 1. The molecule has 0 aliphatic rings. The second-order valence-corrected chi connectivity index (χ2v) is 3.94. The van der Waals surface area contributed by atoms with Crippen LogP contribution in [0, 0.1) is 0 Å². The fourth-order valence-corrected chi connectivity index (χ4v) is 1.48. The van der Waals surface area contributed by atoms with E-state index in [-0.39, 0.29) is 18.7 Å². The molecule has 4 nitrogen and oxygen atoms in total. The van der Waals surface area contributed by atoms with E-state index in [1.54, 1.807) is 0 Å². The van der Waals surface area contributed by atoms with Crippen LogP contribution in [0.1, 0.15) is 15.9 Å². The summed E-state index contributed by atoms with van der Waals surface area (Å²) in [5, 5.41) is 2.51. The highest BCUT2D eigenvalue weighted by molar-refractivity contribution is 5.94. The summed E-state index contributed by atoms with van der Waals surface area (Å²) in [6.45, 7) is 0.333. The van der Waals surface area contributed by atoms with Crippen molar-refractivity contribution in [3.63, 3.8) is 0 Å². The molecule has 0 heterocycles. The maximum Gasteiger partial charge on any atom is 0.416 e. The molecule has 0 fully saturated rings. The van der Waals surface area contributed by atoms with Gasteiger partial charge in [-0.1, -0.05) is 6.07 Å². The molecule has 7 heteroatoms. The third-order valence-corrected chi connectivity index (χ3v) is 2.44. The van der Waals surface area contributed by atoms with Gasteiger partial charge in [0.05, 0.1) is 18.2 Å². The molecular formula is C12H15F3N2O2. The van der Waals surface area contributed by atoms with Crippen LogP contribution in [-0.4, -0.2) is 32.2 Å². The quantitative estimate of drug-likeness (QED) is 0.854. The van der Waals surface area contributed by atoms with Crippen molar-refractivity contribution < 1.29 is 22.7 Å². The molecule has 0 aromatic heterocycles. The molecule has 0 bridgehead atoms. The number of hydrogen-bond acceptors (Lipinski definition) is 3. The standard InChI is InChI=1S/C12H15F3N2O2/c1-19-7-10(6-16)17-11(18)8-3-2-4-9(5-8)12(13,14)15/h2-5,10H,6-7,16H2,1H3,(H,17,18). The maximum atomic E-state index is 12.5. The van der Waals surface area contributed by atoms with E-state index in [2.05, 4.69) is 5.32 Å². The van der Waals surface area contributed by atoms with Gasteiger partial charge in [-0.25, -0.2) is 0 Å². The normalized spacial score (nSPS) is 13.1. The molecule has 0 aliphatic heterocycles. The summed E-state index contributed by atoms with van der Waals surface area (Å²) in [5.41, 5.74) is 4.48. The predicted molar refractivity (Wildman–Crippen MR) is 63.6 cm³/mol. The number of nitrogens with one attached hydrogen (secondary N) is 1. The van der Waals surface area contributed by atoms with E-state index < -0.39 is 23.7 Å². The highest BCUT2D eigenvalue weighted by Crippen LogP contribution is 2.29. The van der Waals surface area contributed by atoms with Gasteiger partial charge in [0.2, 0.25) is 0 Å². The molecule has 0 spiro atoms. The van der Waals surface area contributed by atoms with Gasteiger partial charge in [-0.3, -0.25) is 4.79 Å². The van der Waals surface area contributed by atoms with Crippen molar-refractivity contribution in [3.05, 3.63) is 35.4 Å². The number of hydrogen-bond donors (Lipinski definition) is 2. The zero-order valence-corrected chi connectivity index (χ0v) is 10.3. The first-order valence-corrected chi connectivity index (χ1v) is 5.55. The molecule has 1 amide bonds. The first-order valence-electron chi connectivity index (χ1n) is 5.55. The van der Waals surface area contributed by atoms with Crippen LogP contribution in [0.3, 0.4) is 0 Å². The third kappa shape index (κ3) is 4.53. The lowest BCUT2D eigenvalue weighted by molar-refractivity contribution is -0.137. The Morgan fingerprint density at radius 3 is 2.68 bits per heavy atom.